The van der Waals surface area contributed by atoms with Crippen LogP contribution in [-0.2, 0) is 0 Å². The zero-order valence-electron chi connectivity index (χ0n) is 12.1. The third-order valence-corrected chi connectivity index (χ3v) is 3.04. The van der Waals surface area contributed by atoms with Crippen LogP contribution < -0.4 is 10.2 Å². The van der Waals surface area contributed by atoms with Crippen LogP contribution in [0, 0.1) is 0 Å². The molecule has 0 aliphatic rings. The minimum absolute atomic E-state index is 0.843. The highest BCUT2D eigenvalue weighted by molar-refractivity contribution is 5.55. The maximum atomic E-state index is 3.80. The van der Waals surface area contributed by atoms with E-state index in [4.69, 9.17) is 0 Å². The fourth-order valence-electron chi connectivity index (χ4n) is 1.99. The first-order chi connectivity index (χ1) is 9.31. The van der Waals surface area contributed by atoms with Gasteiger partial charge in [0.25, 0.3) is 0 Å². The smallest absolute Gasteiger partial charge is 0.0373 e. The predicted molar refractivity (Wildman–Crippen MR) is 87.1 cm³/mol. The lowest BCUT2D eigenvalue weighted by Crippen LogP contribution is -2.22. The van der Waals surface area contributed by atoms with E-state index < -0.39 is 0 Å². The van der Waals surface area contributed by atoms with Gasteiger partial charge < -0.3 is 10.2 Å². The number of benzene rings is 1. The molecule has 0 amide bonds. The van der Waals surface area contributed by atoms with Gasteiger partial charge >= 0.3 is 0 Å². The average molecular weight is 258 g/mol. The van der Waals surface area contributed by atoms with E-state index in [1.807, 2.05) is 12.2 Å². The largest absolute Gasteiger partial charge is 0.385 e. The van der Waals surface area contributed by atoms with E-state index in [2.05, 4.69) is 54.6 Å². The summed E-state index contributed by atoms with van der Waals surface area (Å²) in [5.41, 5.74) is 2.40. The molecule has 0 atom stereocenters. The molecular weight excluding hydrogens is 232 g/mol. The first kappa shape index (κ1) is 15.4. The Labute approximate surface area is 117 Å². The maximum absolute atomic E-state index is 3.80. The number of nitrogens with zero attached hydrogens (tertiary/aromatic N) is 1. The Bertz CT molecular complexity index is 357. The van der Waals surface area contributed by atoms with E-state index in [1.165, 1.54) is 30.6 Å². The van der Waals surface area contributed by atoms with Crippen molar-refractivity contribution in [2.24, 2.45) is 0 Å². The highest BCUT2D eigenvalue weighted by Gasteiger charge is 2.02. The predicted octanol–water partition coefficient (Wildman–Crippen LogP) is 4.47. The molecule has 1 aromatic rings. The fraction of sp³-hybridized carbons (Fsp3) is 0.412. The molecule has 1 rings (SSSR count). The zero-order chi connectivity index (χ0) is 13.9. The lowest BCUT2D eigenvalue weighted by Gasteiger charge is -2.21. The fourth-order valence-corrected chi connectivity index (χ4v) is 1.99. The van der Waals surface area contributed by atoms with Crippen LogP contribution in [-0.4, -0.2) is 19.6 Å². The van der Waals surface area contributed by atoms with Crippen molar-refractivity contribution in [2.75, 3.05) is 29.9 Å². The Hall–Kier alpha value is -1.70. The molecule has 104 valence electrons. The summed E-state index contributed by atoms with van der Waals surface area (Å²) in [6, 6.07) is 8.57. The van der Waals surface area contributed by atoms with Gasteiger partial charge in [0.1, 0.15) is 0 Å². The van der Waals surface area contributed by atoms with Gasteiger partial charge in [-0.25, -0.2) is 0 Å². The molecule has 0 bridgehead atoms. The van der Waals surface area contributed by atoms with Crippen LogP contribution in [0.4, 0.5) is 11.4 Å². The Morgan fingerprint density at radius 1 is 1.05 bits per heavy atom. The van der Waals surface area contributed by atoms with Gasteiger partial charge in [-0.2, -0.15) is 0 Å². The molecule has 0 spiro atoms. The summed E-state index contributed by atoms with van der Waals surface area (Å²) in [7, 11) is 0. The van der Waals surface area contributed by atoms with Crippen LogP contribution >= 0.6 is 0 Å². The third-order valence-electron chi connectivity index (χ3n) is 3.04. The molecule has 0 aromatic heterocycles. The van der Waals surface area contributed by atoms with E-state index in [0.29, 0.717) is 0 Å². The molecule has 1 aromatic carbocycles. The molecule has 0 saturated heterocycles. The summed E-state index contributed by atoms with van der Waals surface area (Å²) in [5, 5.41) is 3.45. The summed E-state index contributed by atoms with van der Waals surface area (Å²) in [6.07, 6.45) is 7.62. The number of anilines is 2. The van der Waals surface area contributed by atoms with Crippen molar-refractivity contribution < 1.29 is 0 Å². The maximum Gasteiger partial charge on any atom is 0.0373 e. The van der Waals surface area contributed by atoms with Gasteiger partial charge in [-0.3, -0.25) is 0 Å². The van der Waals surface area contributed by atoms with Crippen molar-refractivity contribution in [3.05, 3.63) is 49.6 Å². The van der Waals surface area contributed by atoms with E-state index in [1.54, 1.807) is 0 Å². The van der Waals surface area contributed by atoms with Gasteiger partial charge in [-0.05, 0) is 30.7 Å². The summed E-state index contributed by atoms with van der Waals surface area (Å²) in [6.45, 7) is 12.6. The first-order valence-electron chi connectivity index (χ1n) is 7.12. The quantitative estimate of drug-likeness (QED) is 0.492. The van der Waals surface area contributed by atoms with Gasteiger partial charge in [-0.1, -0.05) is 31.9 Å². The highest BCUT2D eigenvalue weighted by Crippen LogP contribution is 2.18. The second kappa shape index (κ2) is 9.26. The van der Waals surface area contributed by atoms with Crippen molar-refractivity contribution in [3.8, 4) is 0 Å². The SMILES string of the molecule is C=CCN(CC=C)c1ccc(NCCCCC)cc1. The van der Waals surface area contributed by atoms with Crippen LogP contribution in [0.25, 0.3) is 0 Å². The highest BCUT2D eigenvalue weighted by atomic mass is 15.1. The van der Waals surface area contributed by atoms with Gasteiger partial charge in [0.05, 0.1) is 0 Å². The van der Waals surface area contributed by atoms with Crippen molar-refractivity contribution in [2.45, 2.75) is 26.2 Å². The summed E-state index contributed by atoms with van der Waals surface area (Å²) >= 11 is 0. The van der Waals surface area contributed by atoms with Crippen LogP contribution in [0.1, 0.15) is 26.2 Å². The Kier molecular flexibility index (Phi) is 7.48. The van der Waals surface area contributed by atoms with Crippen LogP contribution in [0.15, 0.2) is 49.6 Å². The second-order valence-corrected chi connectivity index (χ2v) is 4.66. The number of hydrogen-bond donors (Lipinski definition) is 1. The molecule has 2 heteroatoms. The minimum atomic E-state index is 0.843. The van der Waals surface area contributed by atoms with Crippen molar-refractivity contribution >= 4 is 11.4 Å². The molecule has 1 N–H and O–H groups in total. The Morgan fingerprint density at radius 3 is 2.21 bits per heavy atom. The molecule has 19 heavy (non-hydrogen) atoms. The number of unbranched alkanes of at least 4 members (excludes halogenated alkanes) is 2. The Balaban J connectivity index is 2.53. The monoisotopic (exact) mass is 258 g/mol. The third kappa shape index (κ3) is 5.64. The molecule has 2 nitrogen and oxygen atoms in total. The summed E-state index contributed by atoms with van der Waals surface area (Å²) < 4.78 is 0. The summed E-state index contributed by atoms with van der Waals surface area (Å²) in [5.74, 6) is 0. The van der Waals surface area contributed by atoms with Crippen LogP contribution in [0.2, 0.25) is 0 Å². The average Bonchev–Trinajstić information content (AvgIpc) is 2.44. The number of rotatable bonds is 10. The lowest BCUT2D eigenvalue weighted by atomic mass is 10.2. The van der Waals surface area contributed by atoms with Crippen molar-refractivity contribution in [1.29, 1.82) is 0 Å². The van der Waals surface area contributed by atoms with E-state index >= 15 is 0 Å². The van der Waals surface area contributed by atoms with E-state index in [-0.39, 0.29) is 0 Å². The minimum Gasteiger partial charge on any atom is -0.385 e. The molecule has 0 heterocycles. The number of hydrogen-bond acceptors (Lipinski definition) is 2. The van der Waals surface area contributed by atoms with Gasteiger partial charge in [0.2, 0.25) is 0 Å². The molecule has 0 unspecified atom stereocenters. The topological polar surface area (TPSA) is 15.3 Å². The lowest BCUT2D eigenvalue weighted by molar-refractivity contribution is 0.744. The van der Waals surface area contributed by atoms with Gasteiger partial charge in [0.15, 0.2) is 0 Å². The first-order valence-corrected chi connectivity index (χ1v) is 7.12. The van der Waals surface area contributed by atoms with Crippen LogP contribution in [0.3, 0.4) is 0 Å². The van der Waals surface area contributed by atoms with Crippen molar-refractivity contribution in [3.63, 3.8) is 0 Å². The van der Waals surface area contributed by atoms with E-state index in [0.717, 1.165) is 19.6 Å². The van der Waals surface area contributed by atoms with Gasteiger partial charge in [-0.15, -0.1) is 13.2 Å². The van der Waals surface area contributed by atoms with E-state index in [9.17, 15) is 0 Å². The normalized spacial score (nSPS) is 9.95. The second-order valence-electron chi connectivity index (χ2n) is 4.66. The summed E-state index contributed by atoms with van der Waals surface area (Å²) in [4.78, 5) is 2.24. The molecular formula is C17H26N2. The molecule has 0 fully saturated rings. The Morgan fingerprint density at radius 2 is 1.68 bits per heavy atom. The zero-order valence-corrected chi connectivity index (χ0v) is 12.1. The molecule has 0 radical (unpaired) electrons. The molecule has 0 aliphatic carbocycles. The van der Waals surface area contributed by atoms with Crippen molar-refractivity contribution in [1.82, 2.24) is 0 Å². The molecule has 0 saturated carbocycles. The standard InChI is InChI=1S/C17H26N2/c1-4-7-8-13-18-16-9-11-17(12-10-16)19(14-5-2)15-6-3/h5-6,9-12,18H,2-4,7-8,13-15H2,1H3. The molecule has 0 aliphatic heterocycles. The van der Waals surface area contributed by atoms with Gasteiger partial charge in [0, 0.05) is 31.0 Å². The van der Waals surface area contributed by atoms with Crippen LogP contribution in [0.5, 0.6) is 0 Å². The number of nitrogens with one attached hydrogen (secondary N) is 1.